The van der Waals surface area contributed by atoms with Crippen LogP contribution in [0.2, 0.25) is 0 Å². The van der Waals surface area contributed by atoms with Crippen LogP contribution in [0.5, 0.6) is 0 Å². The van der Waals surface area contributed by atoms with Crippen molar-refractivity contribution in [1.82, 2.24) is 0 Å². The number of oxime groups is 1. The van der Waals surface area contributed by atoms with Gasteiger partial charge < -0.3 is 5.21 Å². The van der Waals surface area contributed by atoms with Gasteiger partial charge in [0.25, 0.3) is 0 Å². The summed E-state index contributed by atoms with van der Waals surface area (Å²) in [5, 5.41) is 11.3. The number of aryl methyl sites for hydroxylation is 2. The van der Waals surface area contributed by atoms with Crippen LogP contribution in [-0.4, -0.2) is 11.4 Å². The fourth-order valence-corrected chi connectivity index (χ4v) is 1.01. The SMILES string of the molecule is Cc1ccc[n+](C)c1C=NO. The van der Waals surface area contributed by atoms with Crippen molar-refractivity contribution in [1.29, 1.82) is 0 Å². The highest BCUT2D eigenvalue weighted by atomic mass is 16.4. The van der Waals surface area contributed by atoms with Crippen LogP contribution < -0.4 is 4.57 Å². The van der Waals surface area contributed by atoms with Crippen molar-refractivity contribution in [3.8, 4) is 0 Å². The fraction of sp³-hybridized carbons (Fsp3) is 0.250. The van der Waals surface area contributed by atoms with Gasteiger partial charge in [-0.2, -0.15) is 4.57 Å². The molecule has 0 radical (unpaired) electrons. The molecule has 0 unspecified atom stereocenters. The van der Waals surface area contributed by atoms with E-state index < -0.39 is 0 Å². The highest BCUT2D eigenvalue weighted by Gasteiger charge is 2.05. The van der Waals surface area contributed by atoms with Gasteiger partial charge in [-0.3, -0.25) is 0 Å². The van der Waals surface area contributed by atoms with E-state index in [1.807, 2.05) is 36.9 Å². The molecule has 1 heterocycles. The monoisotopic (exact) mass is 151 g/mol. The zero-order chi connectivity index (χ0) is 8.27. The molecule has 1 N–H and O–H groups in total. The molecule has 0 spiro atoms. The lowest BCUT2D eigenvalue weighted by Gasteiger charge is -1.94. The number of rotatable bonds is 1. The first-order valence-electron chi connectivity index (χ1n) is 3.38. The van der Waals surface area contributed by atoms with E-state index in [0.717, 1.165) is 11.3 Å². The van der Waals surface area contributed by atoms with Crippen molar-refractivity contribution in [3.05, 3.63) is 29.6 Å². The Bertz CT molecular complexity index is 261. The van der Waals surface area contributed by atoms with Crippen LogP contribution in [0, 0.1) is 6.92 Å². The third-order valence-electron chi connectivity index (χ3n) is 1.62. The molecule has 0 bridgehead atoms. The Labute approximate surface area is 65.6 Å². The molecule has 0 amide bonds. The first-order chi connectivity index (χ1) is 5.25. The molecule has 0 fully saturated rings. The molecule has 1 aromatic heterocycles. The average Bonchev–Trinajstić information content (AvgIpc) is 1.97. The lowest BCUT2D eigenvalue weighted by molar-refractivity contribution is -0.672. The molecule has 3 nitrogen and oxygen atoms in total. The molecule has 0 saturated carbocycles. The van der Waals surface area contributed by atoms with Gasteiger partial charge in [0.05, 0.1) is 0 Å². The third kappa shape index (κ3) is 1.55. The summed E-state index contributed by atoms with van der Waals surface area (Å²) in [6.07, 6.45) is 3.33. The van der Waals surface area contributed by atoms with E-state index >= 15 is 0 Å². The third-order valence-corrected chi connectivity index (χ3v) is 1.62. The summed E-state index contributed by atoms with van der Waals surface area (Å²) in [7, 11) is 1.91. The quantitative estimate of drug-likeness (QED) is 0.272. The Morgan fingerprint density at radius 1 is 1.64 bits per heavy atom. The van der Waals surface area contributed by atoms with E-state index in [9.17, 15) is 0 Å². The minimum absolute atomic E-state index is 0.912. The van der Waals surface area contributed by atoms with Crippen LogP contribution in [0.3, 0.4) is 0 Å². The maximum atomic E-state index is 8.32. The van der Waals surface area contributed by atoms with Crippen LogP contribution in [0.1, 0.15) is 11.3 Å². The topological polar surface area (TPSA) is 36.5 Å². The molecule has 3 heteroatoms. The van der Waals surface area contributed by atoms with Crippen molar-refractivity contribution in [3.63, 3.8) is 0 Å². The molecular weight excluding hydrogens is 140 g/mol. The van der Waals surface area contributed by atoms with Gasteiger partial charge >= 0.3 is 0 Å². The number of nitrogens with zero attached hydrogens (tertiary/aromatic N) is 2. The second-order valence-electron chi connectivity index (χ2n) is 2.43. The number of aromatic nitrogens is 1. The van der Waals surface area contributed by atoms with Crippen LogP contribution in [0.25, 0.3) is 0 Å². The van der Waals surface area contributed by atoms with Gasteiger partial charge in [0.2, 0.25) is 5.69 Å². The standard InChI is InChI=1S/C8H10N2O/c1-7-4-3-5-10(2)8(7)6-9-11/h3-6H,1-2H3/p+1. The minimum Gasteiger partial charge on any atom is -0.411 e. The molecule has 0 saturated heterocycles. The summed E-state index contributed by atoms with van der Waals surface area (Å²) >= 11 is 0. The molecule has 0 aliphatic carbocycles. The van der Waals surface area contributed by atoms with Crippen molar-refractivity contribution in [2.45, 2.75) is 6.92 Å². The van der Waals surface area contributed by atoms with Gasteiger partial charge in [-0.15, -0.1) is 0 Å². The Kier molecular flexibility index (Phi) is 2.21. The first-order valence-corrected chi connectivity index (χ1v) is 3.38. The average molecular weight is 151 g/mol. The van der Waals surface area contributed by atoms with Gasteiger partial charge in [0, 0.05) is 11.6 Å². The van der Waals surface area contributed by atoms with E-state index in [-0.39, 0.29) is 0 Å². The van der Waals surface area contributed by atoms with Crippen LogP contribution in [0.15, 0.2) is 23.5 Å². The van der Waals surface area contributed by atoms with Crippen LogP contribution >= 0.6 is 0 Å². The maximum absolute atomic E-state index is 8.32. The zero-order valence-electron chi connectivity index (χ0n) is 6.65. The highest BCUT2D eigenvalue weighted by Crippen LogP contribution is 1.96. The Morgan fingerprint density at radius 2 is 2.36 bits per heavy atom. The number of hydrogen-bond acceptors (Lipinski definition) is 2. The van der Waals surface area contributed by atoms with Crippen molar-refractivity contribution in [2.24, 2.45) is 12.2 Å². The highest BCUT2D eigenvalue weighted by molar-refractivity contribution is 5.76. The predicted molar refractivity (Wildman–Crippen MR) is 41.7 cm³/mol. The van der Waals surface area contributed by atoms with E-state index in [1.165, 1.54) is 6.21 Å². The molecule has 1 rings (SSSR count). The Hall–Kier alpha value is -1.38. The molecule has 0 aromatic carbocycles. The first kappa shape index (κ1) is 7.72. The van der Waals surface area contributed by atoms with E-state index in [4.69, 9.17) is 5.21 Å². The molecule has 11 heavy (non-hydrogen) atoms. The van der Waals surface area contributed by atoms with E-state index in [1.54, 1.807) is 0 Å². The Morgan fingerprint density at radius 3 is 2.91 bits per heavy atom. The van der Waals surface area contributed by atoms with Gasteiger partial charge in [0.15, 0.2) is 6.20 Å². The van der Waals surface area contributed by atoms with Crippen LogP contribution in [0.4, 0.5) is 0 Å². The minimum atomic E-state index is 0.912. The zero-order valence-corrected chi connectivity index (χ0v) is 6.65. The molecule has 0 aliphatic rings. The number of pyridine rings is 1. The van der Waals surface area contributed by atoms with Gasteiger partial charge in [-0.05, 0) is 13.0 Å². The Balaban J connectivity index is 3.20. The smallest absolute Gasteiger partial charge is 0.229 e. The summed E-state index contributed by atoms with van der Waals surface area (Å²) in [6.45, 7) is 1.97. The van der Waals surface area contributed by atoms with E-state index in [0.29, 0.717) is 0 Å². The van der Waals surface area contributed by atoms with Gasteiger partial charge in [-0.25, -0.2) is 0 Å². The van der Waals surface area contributed by atoms with Gasteiger partial charge in [0.1, 0.15) is 13.3 Å². The summed E-state index contributed by atoms with van der Waals surface area (Å²) in [4.78, 5) is 0. The van der Waals surface area contributed by atoms with Crippen molar-refractivity contribution >= 4 is 6.21 Å². The molecule has 0 aliphatic heterocycles. The molecular formula is C8H11N2O+. The lowest BCUT2D eigenvalue weighted by atomic mass is 10.2. The second-order valence-corrected chi connectivity index (χ2v) is 2.43. The normalized spacial score (nSPS) is 10.7. The largest absolute Gasteiger partial charge is 0.411 e. The van der Waals surface area contributed by atoms with Crippen LogP contribution in [-0.2, 0) is 7.05 Å². The summed E-state index contributed by atoms with van der Waals surface area (Å²) in [5.74, 6) is 0. The second kappa shape index (κ2) is 3.14. The summed E-state index contributed by atoms with van der Waals surface area (Å²) < 4.78 is 1.90. The van der Waals surface area contributed by atoms with Gasteiger partial charge in [-0.1, -0.05) is 5.16 Å². The predicted octanol–water partition coefficient (Wildman–Crippen LogP) is 0.628. The molecule has 0 atom stereocenters. The number of hydrogen-bond donors (Lipinski definition) is 1. The van der Waals surface area contributed by atoms with Crippen molar-refractivity contribution in [2.75, 3.05) is 0 Å². The molecule has 1 aromatic rings. The summed E-state index contributed by atoms with van der Waals surface area (Å²) in [6, 6.07) is 3.92. The maximum Gasteiger partial charge on any atom is 0.229 e. The van der Waals surface area contributed by atoms with E-state index in [2.05, 4.69) is 5.16 Å². The fourth-order valence-electron chi connectivity index (χ4n) is 1.01. The lowest BCUT2D eigenvalue weighted by Crippen LogP contribution is -2.33. The summed E-state index contributed by atoms with van der Waals surface area (Å²) in [5.41, 5.74) is 2.00. The molecule has 58 valence electrons. The van der Waals surface area contributed by atoms with Crippen molar-refractivity contribution < 1.29 is 9.77 Å².